The van der Waals surface area contributed by atoms with Crippen molar-refractivity contribution < 1.29 is 0 Å². The fraction of sp³-hybridized carbons (Fsp3) is 0. The van der Waals surface area contributed by atoms with Gasteiger partial charge in [0, 0.05) is 6.20 Å². The number of halogens is 1. The summed E-state index contributed by atoms with van der Waals surface area (Å²) in [5.41, 5.74) is 2.81. The van der Waals surface area contributed by atoms with Gasteiger partial charge in [0.15, 0.2) is 0 Å². The zero-order valence-electron chi connectivity index (χ0n) is 5.32. The van der Waals surface area contributed by atoms with Crippen LogP contribution in [0.1, 0.15) is 0 Å². The third-order valence-electron chi connectivity index (χ3n) is 1.35. The Balaban J connectivity index is 3.05. The normalized spacial score (nSPS) is 10.6. The molecule has 0 aromatic carbocycles. The molecule has 0 atom stereocenters. The van der Waals surface area contributed by atoms with Crippen molar-refractivity contribution in [2.24, 2.45) is 0 Å². The van der Waals surface area contributed by atoms with E-state index in [-0.39, 0.29) is 0 Å². The van der Waals surface area contributed by atoms with Crippen molar-refractivity contribution in [3.05, 3.63) is 22.4 Å². The van der Waals surface area contributed by atoms with Gasteiger partial charge in [0.2, 0.25) is 0 Å². The van der Waals surface area contributed by atoms with Gasteiger partial charge in [-0.3, -0.25) is 2.78 Å². The van der Waals surface area contributed by atoms with Crippen LogP contribution in [-0.4, -0.2) is 7.76 Å². The van der Waals surface area contributed by atoms with Crippen molar-refractivity contribution in [2.75, 3.05) is 0 Å². The molecule has 56 valence electrons. The zero-order chi connectivity index (χ0) is 7.84. The van der Waals surface area contributed by atoms with Crippen molar-refractivity contribution in [3.63, 3.8) is 0 Å². The van der Waals surface area contributed by atoms with E-state index in [1.165, 1.54) is 0 Å². The summed E-state index contributed by atoms with van der Waals surface area (Å²) in [7, 11) is 0. The van der Waals surface area contributed by atoms with Gasteiger partial charge in [0.1, 0.15) is 4.64 Å². The molecule has 0 fully saturated rings. The highest BCUT2D eigenvalue weighted by atomic mass is 127. The number of hydrogen-bond acceptors (Lipinski definition) is 3. The first-order chi connectivity index (χ1) is 5.29. The molecule has 0 bridgehead atoms. The first-order valence-electron chi connectivity index (χ1n) is 2.90. The maximum atomic E-state index is 5.17. The second-order valence-electron chi connectivity index (χ2n) is 2.00. The third-order valence-corrected chi connectivity index (χ3v) is 3.86. The Kier molecular flexibility index (Phi) is 1.94. The van der Waals surface area contributed by atoms with Crippen LogP contribution in [0, 0.1) is 4.64 Å². The minimum atomic E-state index is 0.852. The molecule has 0 saturated heterocycles. The zero-order valence-corrected chi connectivity index (χ0v) is 9.11. The van der Waals surface area contributed by atoms with Gasteiger partial charge in [-0.15, -0.1) is 11.3 Å². The van der Waals surface area contributed by atoms with E-state index in [2.05, 4.69) is 27.8 Å². The van der Waals surface area contributed by atoms with Crippen molar-refractivity contribution in [1.29, 1.82) is 0 Å². The Labute approximate surface area is 86.4 Å². The van der Waals surface area contributed by atoms with Crippen LogP contribution < -0.4 is 0 Å². The second kappa shape index (κ2) is 2.80. The topological polar surface area (TPSA) is 17.8 Å². The summed E-state index contributed by atoms with van der Waals surface area (Å²) in [5.74, 6) is 0. The summed E-state index contributed by atoms with van der Waals surface area (Å²) in [6.07, 6.45) is 1.92. The van der Waals surface area contributed by atoms with Gasteiger partial charge in [-0.05, 0) is 6.07 Å². The number of nitrogens with zero attached hydrogens (tertiary/aromatic N) is 2. The molecule has 0 aliphatic carbocycles. The summed E-state index contributed by atoms with van der Waals surface area (Å²) in [4.78, 5) is 4.16. The molecule has 0 N–H and O–H groups in total. The maximum Gasteiger partial charge on any atom is 0.134 e. The summed E-state index contributed by atoms with van der Waals surface area (Å²) in [5, 5.41) is 0. The molecule has 2 aromatic rings. The molecular weight excluding hydrogens is 291 g/mol. The molecule has 0 aliphatic heterocycles. The lowest BCUT2D eigenvalue weighted by atomic mass is 10.4. The second-order valence-corrected chi connectivity index (χ2v) is 4.28. The number of rotatable bonds is 0. The van der Waals surface area contributed by atoms with Crippen LogP contribution in [0.5, 0.6) is 0 Å². The molecule has 0 unspecified atom stereocenters. The lowest BCUT2D eigenvalue weighted by molar-refractivity contribution is 1.29. The van der Waals surface area contributed by atoms with Crippen LogP contribution in [0.15, 0.2) is 17.8 Å². The average Bonchev–Trinajstić information content (AvgIpc) is 2.45. The molecule has 0 amide bonds. The predicted molar refractivity (Wildman–Crippen MR) is 57.9 cm³/mol. The molecule has 0 radical (unpaired) electrons. The van der Waals surface area contributed by atoms with Crippen LogP contribution >= 0.6 is 46.4 Å². The summed E-state index contributed by atoms with van der Waals surface area (Å²) in [6.45, 7) is 0. The van der Waals surface area contributed by atoms with Gasteiger partial charge in [-0.25, -0.2) is 4.98 Å². The van der Waals surface area contributed by atoms with E-state index in [9.17, 15) is 0 Å². The van der Waals surface area contributed by atoms with Crippen LogP contribution in [0.4, 0.5) is 0 Å². The van der Waals surface area contributed by atoms with Crippen molar-refractivity contribution in [3.8, 4) is 0 Å². The van der Waals surface area contributed by atoms with E-state index in [1.807, 2.05) is 20.6 Å². The number of thiazole rings is 1. The fourth-order valence-electron chi connectivity index (χ4n) is 0.834. The monoisotopic (exact) mass is 294 g/mol. The Morgan fingerprint density at radius 1 is 1.64 bits per heavy atom. The first kappa shape index (κ1) is 7.63. The molecule has 2 heterocycles. The Bertz CT molecular complexity index is 445. The molecule has 0 aliphatic rings. The van der Waals surface area contributed by atoms with Gasteiger partial charge in [0.25, 0.3) is 0 Å². The molecule has 5 heteroatoms. The molecule has 0 saturated carbocycles. The summed E-state index contributed by atoms with van der Waals surface area (Å²) in [6, 6.07) is 1.97. The standard InChI is InChI=1S/C6H3IN2S2/c7-9-2-1-4-5(6(9)10)11-3-8-4/h1-3H. The number of aromatic nitrogens is 2. The maximum absolute atomic E-state index is 5.17. The van der Waals surface area contributed by atoms with Crippen LogP contribution in [-0.2, 0) is 0 Å². The lowest BCUT2D eigenvalue weighted by Gasteiger charge is -1.93. The third kappa shape index (κ3) is 1.21. The highest BCUT2D eigenvalue weighted by molar-refractivity contribution is 14.1. The SMILES string of the molecule is S=c1c2scnc2ccn1I. The Morgan fingerprint density at radius 3 is 3.27 bits per heavy atom. The highest BCUT2D eigenvalue weighted by Crippen LogP contribution is 2.19. The van der Waals surface area contributed by atoms with Gasteiger partial charge < -0.3 is 0 Å². The molecule has 2 nitrogen and oxygen atoms in total. The summed E-state index contributed by atoms with van der Waals surface area (Å²) < 4.78 is 3.84. The highest BCUT2D eigenvalue weighted by Gasteiger charge is 1.98. The predicted octanol–water partition coefficient (Wildman–Crippen LogP) is 3.03. The first-order valence-corrected chi connectivity index (χ1v) is 5.15. The molecule has 2 aromatic heterocycles. The molecule has 11 heavy (non-hydrogen) atoms. The van der Waals surface area contributed by atoms with Crippen LogP contribution in [0.3, 0.4) is 0 Å². The van der Waals surface area contributed by atoms with Gasteiger partial charge in [-0.2, -0.15) is 0 Å². The van der Waals surface area contributed by atoms with Gasteiger partial charge >= 0.3 is 0 Å². The molecular formula is C6H3IN2S2. The van der Waals surface area contributed by atoms with Gasteiger partial charge in [0.05, 0.1) is 38.6 Å². The van der Waals surface area contributed by atoms with E-state index in [0.29, 0.717) is 0 Å². The van der Waals surface area contributed by atoms with E-state index in [0.717, 1.165) is 14.9 Å². The molecule has 2 rings (SSSR count). The molecule has 0 spiro atoms. The van der Waals surface area contributed by atoms with Crippen molar-refractivity contribution in [2.45, 2.75) is 0 Å². The van der Waals surface area contributed by atoms with Crippen molar-refractivity contribution >= 4 is 56.6 Å². The van der Waals surface area contributed by atoms with Gasteiger partial charge in [-0.1, -0.05) is 12.2 Å². The average molecular weight is 294 g/mol. The van der Waals surface area contributed by atoms with Crippen LogP contribution in [0.25, 0.3) is 10.2 Å². The Morgan fingerprint density at radius 2 is 2.45 bits per heavy atom. The smallest absolute Gasteiger partial charge is 0.134 e. The summed E-state index contributed by atoms with van der Waals surface area (Å²) >= 11 is 8.92. The van der Waals surface area contributed by atoms with E-state index >= 15 is 0 Å². The quantitative estimate of drug-likeness (QED) is 0.549. The minimum absolute atomic E-state index is 0.852. The van der Waals surface area contributed by atoms with E-state index < -0.39 is 0 Å². The fourth-order valence-corrected chi connectivity index (χ4v) is 2.42. The van der Waals surface area contributed by atoms with E-state index in [1.54, 1.807) is 11.3 Å². The number of fused-ring (bicyclic) bond motifs is 1. The lowest BCUT2D eigenvalue weighted by Crippen LogP contribution is -1.81. The van der Waals surface area contributed by atoms with Crippen molar-refractivity contribution in [1.82, 2.24) is 7.76 Å². The van der Waals surface area contributed by atoms with E-state index in [4.69, 9.17) is 12.2 Å². The Hall–Kier alpha value is -0.0100. The number of hydrogen-bond donors (Lipinski definition) is 0. The number of pyridine rings is 1. The minimum Gasteiger partial charge on any atom is -0.279 e. The van der Waals surface area contributed by atoms with Crippen LogP contribution in [0.2, 0.25) is 0 Å². The largest absolute Gasteiger partial charge is 0.279 e.